The Bertz CT molecular complexity index is 1040. The number of rotatable bonds is 10. The smallest absolute Gasteiger partial charge is 0.255 e. The van der Waals surface area contributed by atoms with Gasteiger partial charge in [0, 0.05) is 36.1 Å². The lowest BCUT2D eigenvalue weighted by Crippen LogP contribution is -2.50. The van der Waals surface area contributed by atoms with Crippen LogP contribution in [0, 0.1) is 0 Å². The molecule has 0 fully saturated rings. The quantitative estimate of drug-likeness (QED) is 0.489. The molecular weight excluding hydrogens is 420 g/mol. The van der Waals surface area contributed by atoms with Crippen LogP contribution < -0.4 is 5.32 Å². The normalized spacial score (nSPS) is 14.8. The molecule has 1 aliphatic rings. The molecule has 2 aromatic carbocycles. The lowest BCUT2D eigenvalue weighted by atomic mass is 10.1. The van der Waals surface area contributed by atoms with Crippen molar-refractivity contribution in [3.05, 3.63) is 95.4 Å². The maximum absolute atomic E-state index is 13.3. The van der Waals surface area contributed by atoms with Gasteiger partial charge >= 0.3 is 0 Å². The van der Waals surface area contributed by atoms with Gasteiger partial charge in [-0.25, -0.2) is 0 Å². The number of furan rings is 1. The van der Waals surface area contributed by atoms with Crippen molar-refractivity contribution in [2.75, 3.05) is 5.75 Å². The SMILES string of the molecule is C[C@H](CCc1ccco1)NC(=O)[C@H](CSCc1ccccc1)N1Cc2ccccc2C1=O. The summed E-state index contributed by atoms with van der Waals surface area (Å²) in [6.07, 6.45) is 3.20. The topological polar surface area (TPSA) is 62.6 Å². The molecule has 166 valence electrons. The molecule has 0 radical (unpaired) electrons. The average molecular weight is 449 g/mol. The molecule has 3 aromatic rings. The highest BCUT2D eigenvalue weighted by molar-refractivity contribution is 7.98. The van der Waals surface area contributed by atoms with E-state index in [2.05, 4.69) is 17.4 Å². The van der Waals surface area contributed by atoms with Gasteiger partial charge in [0.2, 0.25) is 5.91 Å². The fourth-order valence-corrected chi connectivity index (χ4v) is 5.02. The summed E-state index contributed by atoms with van der Waals surface area (Å²) in [7, 11) is 0. The maximum atomic E-state index is 13.3. The summed E-state index contributed by atoms with van der Waals surface area (Å²) < 4.78 is 5.39. The zero-order chi connectivity index (χ0) is 22.3. The van der Waals surface area contributed by atoms with Crippen LogP contribution >= 0.6 is 11.8 Å². The van der Waals surface area contributed by atoms with Crippen molar-refractivity contribution in [2.24, 2.45) is 0 Å². The molecular formula is C26H28N2O3S. The lowest BCUT2D eigenvalue weighted by Gasteiger charge is -2.28. The number of fused-ring (bicyclic) bond motifs is 1. The summed E-state index contributed by atoms with van der Waals surface area (Å²) >= 11 is 1.68. The Morgan fingerprint density at radius 1 is 1.09 bits per heavy atom. The van der Waals surface area contributed by atoms with Gasteiger partial charge in [0.25, 0.3) is 5.91 Å². The minimum Gasteiger partial charge on any atom is -0.469 e. The van der Waals surface area contributed by atoms with Crippen molar-refractivity contribution < 1.29 is 14.0 Å². The Morgan fingerprint density at radius 2 is 1.88 bits per heavy atom. The summed E-state index contributed by atoms with van der Waals surface area (Å²) in [5.74, 6) is 2.09. The van der Waals surface area contributed by atoms with E-state index in [1.54, 1.807) is 22.9 Å². The fraction of sp³-hybridized carbons (Fsp3) is 0.308. The molecule has 2 heterocycles. The van der Waals surface area contributed by atoms with E-state index in [1.165, 1.54) is 5.56 Å². The number of nitrogens with one attached hydrogen (secondary N) is 1. The van der Waals surface area contributed by atoms with E-state index in [-0.39, 0.29) is 17.9 Å². The fourth-order valence-electron chi connectivity index (χ4n) is 3.92. The first-order chi connectivity index (χ1) is 15.6. The lowest BCUT2D eigenvalue weighted by molar-refractivity contribution is -0.125. The second kappa shape index (κ2) is 10.6. The van der Waals surface area contributed by atoms with E-state index in [1.807, 2.05) is 61.5 Å². The first-order valence-electron chi connectivity index (χ1n) is 10.9. The van der Waals surface area contributed by atoms with Crippen molar-refractivity contribution >= 4 is 23.6 Å². The summed E-state index contributed by atoms with van der Waals surface area (Å²) in [6.45, 7) is 2.47. The van der Waals surface area contributed by atoms with E-state index in [0.29, 0.717) is 17.9 Å². The predicted molar refractivity (Wildman–Crippen MR) is 127 cm³/mol. The van der Waals surface area contributed by atoms with Crippen molar-refractivity contribution in [3.8, 4) is 0 Å². The second-order valence-corrected chi connectivity index (χ2v) is 9.16. The third-order valence-electron chi connectivity index (χ3n) is 5.71. The molecule has 0 unspecified atom stereocenters. The molecule has 1 aliphatic heterocycles. The molecule has 1 N–H and O–H groups in total. The number of carbonyl (C=O) groups excluding carboxylic acids is 2. The molecule has 0 bridgehead atoms. The van der Waals surface area contributed by atoms with Crippen LogP contribution in [0.4, 0.5) is 0 Å². The van der Waals surface area contributed by atoms with Crippen molar-refractivity contribution in [3.63, 3.8) is 0 Å². The molecule has 0 saturated carbocycles. The third-order valence-corrected chi connectivity index (χ3v) is 6.80. The number of nitrogens with zero attached hydrogens (tertiary/aromatic N) is 1. The molecule has 0 saturated heterocycles. The molecule has 0 aliphatic carbocycles. The number of benzene rings is 2. The standard InChI is InChI=1S/C26H28N2O3S/c1-19(13-14-22-11-7-15-31-22)27-25(29)24(18-32-17-20-8-3-2-4-9-20)28-16-21-10-5-6-12-23(21)26(28)30/h2-12,15,19,24H,13-14,16-18H2,1H3,(H,27,29)/t19-,24+/m1/s1. The van der Waals surface area contributed by atoms with Gasteiger partial charge < -0.3 is 14.6 Å². The highest BCUT2D eigenvalue weighted by atomic mass is 32.2. The van der Waals surface area contributed by atoms with Gasteiger partial charge in [-0.2, -0.15) is 11.8 Å². The van der Waals surface area contributed by atoms with E-state index >= 15 is 0 Å². The van der Waals surface area contributed by atoms with Crippen molar-refractivity contribution in [1.82, 2.24) is 10.2 Å². The van der Waals surface area contributed by atoms with Gasteiger partial charge in [-0.15, -0.1) is 0 Å². The summed E-state index contributed by atoms with van der Waals surface area (Å²) in [4.78, 5) is 28.1. The van der Waals surface area contributed by atoms with Gasteiger partial charge in [0.05, 0.1) is 6.26 Å². The van der Waals surface area contributed by atoms with Gasteiger partial charge in [0.1, 0.15) is 11.8 Å². The molecule has 6 heteroatoms. The zero-order valence-electron chi connectivity index (χ0n) is 18.2. The maximum Gasteiger partial charge on any atom is 0.255 e. The molecule has 4 rings (SSSR count). The Balaban J connectivity index is 1.41. The number of hydrogen-bond acceptors (Lipinski definition) is 4. The predicted octanol–water partition coefficient (Wildman–Crippen LogP) is 4.67. The summed E-state index contributed by atoms with van der Waals surface area (Å²) in [5.41, 5.74) is 2.89. The Labute approximate surface area is 193 Å². The highest BCUT2D eigenvalue weighted by Gasteiger charge is 2.36. The van der Waals surface area contributed by atoms with Gasteiger partial charge in [-0.1, -0.05) is 48.5 Å². The largest absolute Gasteiger partial charge is 0.469 e. The number of thioether (sulfide) groups is 1. The van der Waals surface area contributed by atoms with Crippen LogP contribution in [0.3, 0.4) is 0 Å². The van der Waals surface area contributed by atoms with Gasteiger partial charge in [-0.05, 0) is 42.7 Å². The van der Waals surface area contributed by atoms with E-state index < -0.39 is 6.04 Å². The first kappa shape index (κ1) is 22.2. The van der Waals surface area contributed by atoms with E-state index in [0.717, 1.165) is 29.9 Å². The monoisotopic (exact) mass is 448 g/mol. The Hall–Kier alpha value is -2.99. The molecule has 5 nitrogen and oxygen atoms in total. The molecule has 0 spiro atoms. The number of aryl methyl sites for hydroxylation is 1. The van der Waals surface area contributed by atoms with Crippen LogP contribution in [0.25, 0.3) is 0 Å². The highest BCUT2D eigenvalue weighted by Crippen LogP contribution is 2.26. The van der Waals surface area contributed by atoms with Crippen LogP contribution in [-0.2, 0) is 23.5 Å². The minimum absolute atomic E-state index is 0.0192. The molecule has 2 atom stereocenters. The average Bonchev–Trinajstić information content (AvgIpc) is 3.44. The number of hydrogen-bond donors (Lipinski definition) is 1. The number of carbonyl (C=O) groups is 2. The van der Waals surface area contributed by atoms with Crippen LogP contribution in [0.15, 0.2) is 77.4 Å². The minimum atomic E-state index is -0.519. The Morgan fingerprint density at radius 3 is 2.62 bits per heavy atom. The molecule has 1 aromatic heterocycles. The van der Waals surface area contributed by atoms with Crippen LogP contribution in [-0.4, -0.2) is 34.6 Å². The summed E-state index contributed by atoms with van der Waals surface area (Å²) in [5, 5.41) is 3.13. The van der Waals surface area contributed by atoms with Crippen molar-refractivity contribution in [2.45, 2.75) is 44.1 Å². The summed E-state index contributed by atoms with van der Waals surface area (Å²) in [6, 6.07) is 21.1. The first-order valence-corrected chi connectivity index (χ1v) is 12.1. The van der Waals surface area contributed by atoms with Gasteiger partial charge in [-0.3, -0.25) is 9.59 Å². The van der Waals surface area contributed by atoms with Crippen LogP contribution in [0.1, 0.15) is 40.6 Å². The molecule has 32 heavy (non-hydrogen) atoms. The Kier molecular flexibility index (Phi) is 7.32. The van der Waals surface area contributed by atoms with E-state index in [9.17, 15) is 9.59 Å². The molecule has 2 amide bonds. The zero-order valence-corrected chi connectivity index (χ0v) is 19.0. The third kappa shape index (κ3) is 5.43. The second-order valence-electron chi connectivity index (χ2n) is 8.13. The van der Waals surface area contributed by atoms with E-state index in [4.69, 9.17) is 4.42 Å². The van der Waals surface area contributed by atoms with Gasteiger partial charge in [0.15, 0.2) is 0 Å². The van der Waals surface area contributed by atoms with Crippen molar-refractivity contribution in [1.29, 1.82) is 0 Å². The number of amides is 2. The van der Waals surface area contributed by atoms with Crippen LogP contribution in [0.5, 0.6) is 0 Å². The van der Waals surface area contributed by atoms with Crippen LogP contribution in [0.2, 0.25) is 0 Å².